The van der Waals surface area contributed by atoms with Gasteiger partial charge >= 0.3 is 5.97 Å². The summed E-state index contributed by atoms with van der Waals surface area (Å²) in [6.07, 6.45) is 0.723. The fraction of sp³-hybridized carbons (Fsp3) is 0.533. The van der Waals surface area contributed by atoms with E-state index in [0.29, 0.717) is 24.8 Å². The average Bonchev–Trinajstić information content (AvgIpc) is 2.41. The van der Waals surface area contributed by atoms with Gasteiger partial charge in [0, 0.05) is 24.1 Å². The van der Waals surface area contributed by atoms with Gasteiger partial charge in [-0.2, -0.15) is 0 Å². The van der Waals surface area contributed by atoms with Crippen molar-refractivity contribution in [1.82, 2.24) is 4.90 Å². The molecule has 1 aromatic carbocycles. The average molecular weight is 358 g/mol. The van der Waals surface area contributed by atoms with E-state index in [4.69, 9.17) is 4.74 Å². The van der Waals surface area contributed by atoms with Gasteiger partial charge in [0.2, 0.25) is 0 Å². The summed E-state index contributed by atoms with van der Waals surface area (Å²) in [4.78, 5) is 13.3. The van der Waals surface area contributed by atoms with E-state index in [1.807, 2.05) is 0 Å². The Labute approximate surface area is 132 Å². The molecule has 0 saturated carbocycles. The van der Waals surface area contributed by atoms with Crippen molar-refractivity contribution < 1.29 is 19.7 Å². The molecule has 0 aromatic heterocycles. The highest BCUT2D eigenvalue weighted by Gasteiger charge is 2.29. The quantitative estimate of drug-likeness (QED) is 0.866. The van der Waals surface area contributed by atoms with Gasteiger partial charge in [0.1, 0.15) is 0 Å². The van der Waals surface area contributed by atoms with Crippen LogP contribution in [0.15, 0.2) is 16.6 Å². The molecule has 1 fully saturated rings. The van der Waals surface area contributed by atoms with Crippen LogP contribution in [0.4, 0.5) is 0 Å². The molecule has 0 amide bonds. The van der Waals surface area contributed by atoms with Crippen LogP contribution in [0.2, 0.25) is 0 Å². The fourth-order valence-electron chi connectivity index (χ4n) is 2.88. The number of halogens is 1. The van der Waals surface area contributed by atoms with Crippen LogP contribution in [0.5, 0.6) is 11.5 Å². The van der Waals surface area contributed by atoms with Crippen LogP contribution in [0.25, 0.3) is 0 Å². The molecule has 2 rings (SSSR count). The molecule has 1 saturated heterocycles. The summed E-state index contributed by atoms with van der Waals surface area (Å²) in [5, 5.41) is 19.1. The Hall–Kier alpha value is -1.27. The first-order chi connectivity index (χ1) is 9.90. The SMILES string of the molecule is COc1cc(Br)c(CN2CC(C)CC(C(=O)O)C2)cc1O. The number of aliphatic carboxylic acids is 1. The van der Waals surface area contributed by atoms with E-state index in [1.54, 1.807) is 12.1 Å². The second-order valence-electron chi connectivity index (χ2n) is 5.69. The molecule has 1 aliphatic rings. The summed E-state index contributed by atoms with van der Waals surface area (Å²) < 4.78 is 5.91. The van der Waals surface area contributed by atoms with Crippen molar-refractivity contribution >= 4 is 21.9 Å². The Kier molecular flexibility index (Phi) is 5.11. The Bertz CT molecular complexity index is 535. The first-order valence-corrected chi connectivity index (χ1v) is 7.70. The molecular weight excluding hydrogens is 338 g/mol. The zero-order chi connectivity index (χ0) is 15.6. The summed E-state index contributed by atoms with van der Waals surface area (Å²) in [6, 6.07) is 3.39. The maximum Gasteiger partial charge on any atom is 0.307 e. The van der Waals surface area contributed by atoms with E-state index in [-0.39, 0.29) is 11.7 Å². The van der Waals surface area contributed by atoms with Crippen molar-refractivity contribution in [3.05, 3.63) is 22.2 Å². The summed E-state index contributed by atoms with van der Waals surface area (Å²) >= 11 is 3.47. The maximum atomic E-state index is 11.2. The third-order valence-corrected chi connectivity index (χ3v) is 4.56. The highest BCUT2D eigenvalue weighted by atomic mass is 79.9. The summed E-state index contributed by atoms with van der Waals surface area (Å²) in [5.41, 5.74) is 0.923. The Morgan fingerprint density at radius 1 is 1.48 bits per heavy atom. The Morgan fingerprint density at radius 2 is 2.19 bits per heavy atom. The normalized spacial score (nSPS) is 23.0. The molecule has 1 heterocycles. The van der Waals surface area contributed by atoms with Crippen LogP contribution in [0.1, 0.15) is 18.9 Å². The van der Waals surface area contributed by atoms with Crippen LogP contribution < -0.4 is 4.74 Å². The number of phenols is 1. The van der Waals surface area contributed by atoms with E-state index in [1.165, 1.54) is 7.11 Å². The van der Waals surface area contributed by atoms with Gasteiger partial charge in [-0.3, -0.25) is 9.69 Å². The first kappa shape index (κ1) is 16.1. The third-order valence-electron chi connectivity index (χ3n) is 3.83. The molecule has 0 aliphatic carbocycles. The lowest BCUT2D eigenvalue weighted by Crippen LogP contribution is -2.42. The molecule has 21 heavy (non-hydrogen) atoms. The van der Waals surface area contributed by atoms with E-state index in [9.17, 15) is 15.0 Å². The van der Waals surface area contributed by atoms with Gasteiger partial charge in [0.25, 0.3) is 0 Å². The summed E-state index contributed by atoms with van der Waals surface area (Å²) in [6.45, 7) is 4.08. The van der Waals surface area contributed by atoms with Gasteiger partial charge in [0.15, 0.2) is 11.5 Å². The van der Waals surface area contributed by atoms with Crippen molar-refractivity contribution in [2.45, 2.75) is 19.9 Å². The number of phenolic OH excluding ortho intramolecular Hbond substituents is 1. The minimum atomic E-state index is -0.733. The number of hydrogen-bond acceptors (Lipinski definition) is 4. The van der Waals surface area contributed by atoms with Gasteiger partial charge in [-0.25, -0.2) is 0 Å². The molecular formula is C15H20BrNO4. The van der Waals surface area contributed by atoms with Crippen molar-refractivity contribution in [3.63, 3.8) is 0 Å². The van der Waals surface area contributed by atoms with Crippen LogP contribution in [-0.2, 0) is 11.3 Å². The number of likely N-dealkylation sites (tertiary alicyclic amines) is 1. The van der Waals surface area contributed by atoms with Crippen LogP contribution in [0.3, 0.4) is 0 Å². The topological polar surface area (TPSA) is 70.0 Å². The predicted molar refractivity (Wildman–Crippen MR) is 82.5 cm³/mol. The van der Waals surface area contributed by atoms with Crippen LogP contribution >= 0.6 is 15.9 Å². The number of aromatic hydroxyl groups is 1. The second-order valence-corrected chi connectivity index (χ2v) is 6.54. The van der Waals surface area contributed by atoms with E-state index >= 15 is 0 Å². The minimum absolute atomic E-state index is 0.0931. The van der Waals surface area contributed by atoms with Gasteiger partial charge in [-0.1, -0.05) is 22.9 Å². The van der Waals surface area contributed by atoms with Crippen molar-refractivity contribution in [2.75, 3.05) is 20.2 Å². The number of methoxy groups -OCH3 is 1. The smallest absolute Gasteiger partial charge is 0.307 e. The van der Waals surface area contributed by atoms with E-state index in [2.05, 4.69) is 27.8 Å². The molecule has 2 unspecified atom stereocenters. The Balaban J connectivity index is 2.14. The number of rotatable bonds is 4. The Morgan fingerprint density at radius 3 is 2.81 bits per heavy atom. The number of carboxylic acid groups (broad SMARTS) is 1. The lowest BCUT2D eigenvalue weighted by molar-refractivity contribution is -0.144. The molecule has 2 N–H and O–H groups in total. The highest BCUT2D eigenvalue weighted by molar-refractivity contribution is 9.10. The van der Waals surface area contributed by atoms with Crippen LogP contribution in [0, 0.1) is 11.8 Å². The summed E-state index contributed by atoms with van der Waals surface area (Å²) in [7, 11) is 1.50. The van der Waals surface area contributed by atoms with Gasteiger partial charge < -0.3 is 14.9 Å². The summed E-state index contributed by atoms with van der Waals surface area (Å²) in [5.74, 6) is -0.190. The zero-order valence-electron chi connectivity index (χ0n) is 12.2. The molecule has 0 bridgehead atoms. The van der Waals surface area contributed by atoms with Gasteiger partial charge in [-0.15, -0.1) is 0 Å². The zero-order valence-corrected chi connectivity index (χ0v) is 13.8. The molecule has 1 aromatic rings. The first-order valence-electron chi connectivity index (χ1n) is 6.91. The van der Waals surface area contributed by atoms with E-state index in [0.717, 1.165) is 23.0 Å². The third kappa shape index (κ3) is 3.89. The lowest BCUT2D eigenvalue weighted by atomic mass is 9.90. The van der Waals surface area contributed by atoms with Crippen molar-refractivity contribution in [3.8, 4) is 11.5 Å². The van der Waals surface area contributed by atoms with Crippen molar-refractivity contribution in [2.24, 2.45) is 11.8 Å². The largest absolute Gasteiger partial charge is 0.504 e. The fourth-order valence-corrected chi connectivity index (χ4v) is 3.33. The maximum absolute atomic E-state index is 11.2. The van der Waals surface area contributed by atoms with E-state index < -0.39 is 5.97 Å². The molecule has 116 valence electrons. The monoisotopic (exact) mass is 357 g/mol. The molecule has 1 aliphatic heterocycles. The van der Waals surface area contributed by atoms with Crippen LogP contribution in [-0.4, -0.2) is 41.3 Å². The second kappa shape index (κ2) is 6.66. The lowest BCUT2D eigenvalue weighted by Gasteiger charge is -2.34. The molecule has 0 radical (unpaired) electrons. The van der Waals surface area contributed by atoms with Crippen molar-refractivity contribution in [1.29, 1.82) is 0 Å². The highest BCUT2D eigenvalue weighted by Crippen LogP contribution is 2.34. The molecule has 0 spiro atoms. The number of carboxylic acids is 1. The number of hydrogen-bond donors (Lipinski definition) is 2. The van der Waals surface area contributed by atoms with Gasteiger partial charge in [-0.05, 0) is 30.0 Å². The number of benzene rings is 1. The number of piperidine rings is 1. The number of ether oxygens (including phenoxy) is 1. The van der Waals surface area contributed by atoms with Gasteiger partial charge in [0.05, 0.1) is 13.0 Å². The number of carbonyl (C=O) groups is 1. The number of nitrogens with zero attached hydrogens (tertiary/aromatic N) is 1. The molecule has 2 atom stereocenters. The predicted octanol–water partition coefficient (Wildman–Crippen LogP) is 2.71. The molecule has 5 nitrogen and oxygen atoms in total. The standard InChI is InChI=1S/C15H20BrNO4/c1-9-3-11(15(19)20)8-17(6-9)7-10-4-13(18)14(21-2)5-12(10)16/h4-5,9,11,18H,3,6-8H2,1-2H3,(H,19,20). The molecule has 6 heteroatoms. The minimum Gasteiger partial charge on any atom is -0.504 e.